The van der Waals surface area contributed by atoms with Crippen molar-refractivity contribution in [1.82, 2.24) is 5.43 Å². The Morgan fingerprint density at radius 1 is 1.04 bits per heavy atom. The zero-order chi connectivity index (χ0) is 20.0. The van der Waals surface area contributed by atoms with E-state index in [2.05, 4.69) is 10.5 Å². The Morgan fingerprint density at radius 3 is 2.36 bits per heavy atom. The first-order valence-electron chi connectivity index (χ1n) is 8.08. The van der Waals surface area contributed by atoms with E-state index in [-0.39, 0.29) is 12.4 Å². The summed E-state index contributed by atoms with van der Waals surface area (Å²) in [5, 5.41) is 2.89. The number of ether oxygens (including phenoxy) is 1. The van der Waals surface area contributed by atoms with Gasteiger partial charge in [-0.25, -0.2) is 13.8 Å². The maximum Gasteiger partial charge on any atom is 0.277 e. The second-order valence-corrected chi connectivity index (χ2v) is 6.89. The van der Waals surface area contributed by atoms with Gasteiger partial charge >= 0.3 is 0 Å². The molecule has 0 saturated carbocycles. The lowest BCUT2D eigenvalue weighted by Crippen LogP contribution is -2.24. The molecule has 3 aromatic rings. The van der Waals surface area contributed by atoms with E-state index in [1.165, 1.54) is 6.07 Å². The minimum absolute atomic E-state index is 0.00661. The Bertz CT molecular complexity index is 1070. The molecule has 1 amide bonds. The van der Waals surface area contributed by atoms with Gasteiger partial charge in [-0.15, -0.1) is 0 Å². The van der Waals surface area contributed by atoms with Crippen LogP contribution in [0.15, 0.2) is 81.3 Å². The highest BCUT2D eigenvalue weighted by atomic mass is 32.2. The molecule has 28 heavy (non-hydrogen) atoms. The lowest BCUT2D eigenvalue weighted by molar-refractivity contribution is -0.123. The van der Waals surface area contributed by atoms with Gasteiger partial charge in [0.2, 0.25) is 5.09 Å². The molecule has 1 heterocycles. The molecule has 1 N–H and O–H groups in total. The second kappa shape index (κ2) is 8.51. The van der Waals surface area contributed by atoms with Gasteiger partial charge in [0.15, 0.2) is 16.7 Å². The van der Waals surface area contributed by atoms with Gasteiger partial charge in [-0.2, -0.15) is 5.10 Å². The van der Waals surface area contributed by atoms with Gasteiger partial charge < -0.3 is 13.7 Å². The van der Waals surface area contributed by atoms with Crippen molar-refractivity contribution in [3.05, 3.63) is 72.5 Å². The van der Waals surface area contributed by atoms with Crippen LogP contribution in [0.4, 0.5) is 0 Å². The first-order chi connectivity index (χ1) is 13.4. The average molecular weight is 399 g/mol. The number of benzene rings is 2. The number of furan rings is 1. The number of nitrogens with zero attached hydrogens (tertiary/aromatic N) is 1. The Morgan fingerprint density at radius 2 is 1.71 bits per heavy atom. The molecule has 0 bridgehead atoms. The molecular formula is C19H15N2O6S-. The van der Waals surface area contributed by atoms with E-state index in [0.29, 0.717) is 5.75 Å². The van der Waals surface area contributed by atoms with Crippen LogP contribution < -0.4 is 10.2 Å². The van der Waals surface area contributed by atoms with Crippen molar-refractivity contribution >= 4 is 22.2 Å². The molecule has 0 radical (unpaired) electrons. The third-order valence-corrected chi connectivity index (χ3v) is 4.27. The fourth-order valence-corrected chi connectivity index (χ4v) is 2.69. The molecule has 9 heteroatoms. The third-order valence-electron chi connectivity index (χ3n) is 3.56. The smallest absolute Gasteiger partial charge is 0.277 e. The summed E-state index contributed by atoms with van der Waals surface area (Å²) < 4.78 is 42.5. The first-order valence-corrected chi connectivity index (χ1v) is 9.48. The average Bonchev–Trinajstić information content (AvgIpc) is 3.17. The lowest BCUT2D eigenvalue weighted by atomic mass is 10.1. The number of hydrogen-bond acceptors (Lipinski definition) is 7. The molecule has 1 aromatic heterocycles. The van der Waals surface area contributed by atoms with Crippen LogP contribution in [0.5, 0.6) is 5.75 Å². The molecular weight excluding hydrogens is 384 g/mol. The normalized spacial score (nSPS) is 11.5. The number of hydrogen-bond donors (Lipinski definition) is 1. The molecule has 0 aliphatic rings. The molecule has 144 valence electrons. The van der Waals surface area contributed by atoms with Crippen molar-refractivity contribution < 1.29 is 26.9 Å². The molecule has 3 rings (SSSR count). The predicted molar refractivity (Wildman–Crippen MR) is 99.8 cm³/mol. The zero-order valence-corrected chi connectivity index (χ0v) is 15.3. The van der Waals surface area contributed by atoms with Crippen molar-refractivity contribution in [3.63, 3.8) is 0 Å². The molecule has 0 fully saturated rings. The molecule has 8 nitrogen and oxygen atoms in total. The van der Waals surface area contributed by atoms with Crippen LogP contribution in [-0.4, -0.2) is 31.7 Å². The van der Waals surface area contributed by atoms with Crippen LogP contribution in [0.25, 0.3) is 11.1 Å². The summed E-state index contributed by atoms with van der Waals surface area (Å²) in [6, 6.07) is 19.4. The minimum Gasteiger partial charge on any atom is -0.742 e. The standard InChI is InChI=1S/C19H16N2O6S/c22-18(21-20-12-17-10-11-19(27-17)28(23,24)25)13-26-16-8-6-15(7-9-16)14-4-2-1-3-5-14/h1-12H,13H2,(H,21,22)(H,23,24,25)/p-1. The molecule has 0 saturated heterocycles. The second-order valence-electron chi connectivity index (χ2n) is 5.58. The van der Waals surface area contributed by atoms with Gasteiger partial charge in [-0.05, 0) is 35.4 Å². The van der Waals surface area contributed by atoms with Gasteiger partial charge in [-0.1, -0.05) is 42.5 Å². The number of carbonyl (C=O) groups is 1. The third kappa shape index (κ3) is 5.29. The van der Waals surface area contributed by atoms with Crippen molar-refractivity contribution in [2.75, 3.05) is 6.61 Å². The number of rotatable bonds is 7. The zero-order valence-electron chi connectivity index (χ0n) is 14.4. The molecule has 0 aliphatic heterocycles. The predicted octanol–water partition coefficient (Wildman–Crippen LogP) is 2.38. The van der Waals surface area contributed by atoms with Gasteiger partial charge in [0.25, 0.3) is 5.91 Å². The van der Waals surface area contributed by atoms with E-state index in [1.54, 1.807) is 12.1 Å². The maximum absolute atomic E-state index is 11.7. The molecule has 0 unspecified atom stereocenters. The summed E-state index contributed by atoms with van der Waals surface area (Å²) in [6.07, 6.45) is 1.07. The summed E-state index contributed by atoms with van der Waals surface area (Å²) >= 11 is 0. The van der Waals surface area contributed by atoms with Crippen LogP contribution in [0, 0.1) is 0 Å². The van der Waals surface area contributed by atoms with Crippen LogP contribution in [0.1, 0.15) is 5.76 Å². The topological polar surface area (TPSA) is 121 Å². The Kier molecular flexibility index (Phi) is 5.87. The number of nitrogens with one attached hydrogen (secondary N) is 1. The Hall–Kier alpha value is -3.43. The van der Waals surface area contributed by atoms with E-state index in [0.717, 1.165) is 23.4 Å². The summed E-state index contributed by atoms with van der Waals surface area (Å²) in [4.78, 5) is 11.7. The van der Waals surface area contributed by atoms with Crippen LogP contribution in [0.3, 0.4) is 0 Å². The first kappa shape index (κ1) is 19.3. The van der Waals surface area contributed by atoms with Crippen molar-refractivity contribution in [2.45, 2.75) is 5.09 Å². The van der Waals surface area contributed by atoms with E-state index >= 15 is 0 Å². The minimum atomic E-state index is -4.67. The summed E-state index contributed by atoms with van der Waals surface area (Å²) in [5.41, 5.74) is 4.31. The van der Waals surface area contributed by atoms with E-state index < -0.39 is 21.1 Å². The number of carbonyl (C=O) groups excluding carboxylic acids is 1. The summed E-state index contributed by atoms with van der Waals surface area (Å²) in [7, 11) is -4.67. The summed E-state index contributed by atoms with van der Waals surface area (Å²) in [6.45, 7) is -0.264. The van der Waals surface area contributed by atoms with E-state index in [4.69, 9.17) is 9.15 Å². The Labute approximate surface area is 161 Å². The molecule has 0 aliphatic carbocycles. The van der Waals surface area contributed by atoms with Gasteiger partial charge in [0.05, 0.1) is 6.21 Å². The fraction of sp³-hybridized carbons (Fsp3) is 0.0526. The van der Waals surface area contributed by atoms with Crippen molar-refractivity contribution in [1.29, 1.82) is 0 Å². The van der Waals surface area contributed by atoms with Gasteiger partial charge in [0, 0.05) is 0 Å². The lowest BCUT2D eigenvalue weighted by Gasteiger charge is -2.06. The Balaban J connectivity index is 1.48. The number of hydrazone groups is 1. The van der Waals surface area contributed by atoms with Crippen molar-refractivity contribution in [3.8, 4) is 16.9 Å². The van der Waals surface area contributed by atoms with Gasteiger partial charge in [0.1, 0.15) is 11.5 Å². The SMILES string of the molecule is O=C(COc1ccc(-c2ccccc2)cc1)NN=Cc1ccc(S(=O)(=O)[O-])o1. The number of amides is 1. The van der Waals surface area contributed by atoms with E-state index in [9.17, 15) is 17.8 Å². The van der Waals surface area contributed by atoms with Gasteiger partial charge in [-0.3, -0.25) is 4.79 Å². The molecule has 0 atom stereocenters. The van der Waals surface area contributed by atoms with Crippen molar-refractivity contribution in [2.24, 2.45) is 5.10 Å². The summed E-state index contributed by atoms with van der Waals surface area (Å²) in [5.74, 6) is 0.00824. The fourth-order valence-electron chi connectivity index (χ4n) is 2.26. The van der Waals surface area contributed by atoms with Crippen LogP contribution in [-0.2, 0) is 14.9 Å². The maximum atomic E-state index is 11.7. The quantitative estimate of drug-likeness (QED) is 0.370. The molecule has 2 aromatic carbocycles. The van der Waals surface area contributed by atoms with E-state index in [1.807, 2.05) is 42.5 Å². The highest BCUT2D eigenvalue weighted by Gasteiger charge is 2.07. The molecule has 0 spiro atoms. The highest BCUT2D eigenvalue weighted by molar-refractivity contribution is 7.85. The van der Waals surface area contributed by atoms with Crippen LogP contribution >= 0.6 is 0 Å². The highest BCUT2D eigenvalue weighted by Crippen LogP contribution is 2.21. The monoisotopic (exact) mass is 399 g/mol. The largest absolute Gasteiger partial charge is 0.742 e. The van der Waals surface area contributed by atoms with Crippen LogP contribution in [0.2, 0.25) is 0 Å².